The van der Waals surface area contributed by atoms with Crippen molar-refractivity contribution in [1.29, 1.82) is 0 Å². The molecule has 1 aromatic heterocycles. The molecule has 0 spiro atoms. The highest BCUT2D eigenvalue weighted by Crippen LogP contribution is 2.37. The molecule has 0 aliphatic carbocycles. The minimum Gasteiger partial charge on any atom is -0.299 e. The second-order valence-electron chi connectivity index (χ2n) is 9.23. The predicted octanol–water partition coefficient (Wildman–Crippen LogP) is 2.39. The first-order chi connectivity index (χ1) is 15.4. The molecule has 2 fully saturated rings. The fourth-order valence-electron chi connectivity index (χ4n) is 5.59. The topological polar surface area (TPSA) is 63.4 Å². The molecule has 7 nitrogen and oxygen atoms in total. The first-order valence-corrected chi connectivity index (χ1v) is 11.8. The number of aryl methyl sites for hydroxylation is 1. The fourth-order valence-corrected chi connectivity index (χ4v) is 5.59. The lowest BCUT2D eigenvalue weighted by Gasteiger charge is -2.42. The smallest absolute Gasteiger partial charge is 0.299 e. The molecule has 2 aliphatic heterocycles. The Balaban J connectivity index is 1.35. The van der Waals surface area contributed by atoms with Crippen LogP contribution in [-0.4, -0.2) is 55.6 Å². The van der Waals surface area contributed by atoms with Crippen LogP contribution in [0.1, 0.15) is 50.4 Å². The Kier molecular flexibility index (Phi) is 6.90. The van der Waals surface area contributed by atoms with Crippen molar-refractivity contribution >= 4 is 0 Å². The Hall–Kier alpha value is -2.32. The van der Waals surface area contributed by atoms with Crippen LogP contribution in [0.15, 0.2) is 33.9 Å². The van der Waals surface area contributed by atoms with E-state index in [2.05, 4.69) is 21.8 Å². The number of nitrogens with zero attached hydrogens (tertiary/aromatic N) is 5. The van der Waals surface area contributed by atoms with Crippen LogP contribution in [0, 0.1) is 12.7 Å². The minimum absolute atomic E-state index is 0.136. The molecule has 0 amide bonds. The second-order valence-corrected chi connectivity index (χ2v) is 9.23. The molecule has 4 rings (SSSR count). The molecule has 2 saturated heterocycles. The molecule has 2 aliphatic rings. The number of hydrogen-bond acceptors (Lipinski definition) is 5. The van der Waals surface area contributed by atoms with Crippen molar-refractivity contribution in [2.45, 2.75) is 83.7 Å². The molecule has 2 atom stereocenters. The number of aromatic nitrogens is 3. The number of halogens is 1. The van der Waals surface area contributed by atoms with E-state index in [0.29, 0.717) is 43.6 Å². The van der Waals surface area contributed by atoms with Gasteiger partial charge in [0.05, 0.1) is 0 Å². The summed E-state index contributed by atoms with van der Waals surface area (Å²) in [7, 11) is 2.10. The number of piperidine rings is 1. The van der Waals surface area contributed by atoms with Crippen molar-refractivity contribution < 1.29 is 4.39 Å². The molecule has 8 heteroatoms. The van der Waals surface area contributed by atoms with Crippen molar-refractivity contribution in [2.75, 3.05) is 13.6 Å². The molecular formula is C24H34FN5O2. The van der Waals surface area contributed by atoms with Gasteiger partial charge in [-0.2, -0.15) is 4.98 Å². The Morgan fingerprint density at radius 1 is 1.09 bits per heavy atom. The van der Waals surface area contributed by atoms with E-state index in [1.165, 1.54) is 23.5 Å². The average molecular weight is 444 g/mol. The van der Waals surface area contributed by atoms with E-state index in [1.807, 2.05) is 19.1 Å². The fraction of sp³-hybridized carbons (Fsp3) is 0.625. The summed E-state index contributed by atoms with van der Waals surface area (Å²) in [5, 5.41) is 0. The highest BCUT2D eigenvalue weighted by atomic mass is 19.1. The van der Waals surface area contributed by atoms with Gasteiger partial charge in [-0.25, -0.2) is 18.5 Å². The van der Waals surface area contributed by atoms with Crippen molar-refractivity contribution in [1.82, 2.24) is 23.9 Å². The van der Waals surface area contributed by atoms with Gasteiger partial charge in [-0.3, -0.25) is 14.4 Å². The van der Waals surface area contributed by atoms with E-state index in [4.69, 9.17) is 0 Å². The highest BCUT2D eigenvalue weighted by molar-refractivity contribution is 5.17. The zero-order chi connectivity index (χ0) is 22.8. The lowest BCUT2D eigenvalue weighted by molar-refractivity contribution is 0.0654. The molecule has 0 radical (unpaired) electrons. The van der Waals surface area contributed by atoms with Gasteiger partial charge < -0.3 is 0 Å². The van der Waals surface area contributed by atoms with Crippen LogP contribution in [0.5, 0.6) is 0 Å². The van der Waals surface area contributed by atoms with Crippen LogP contribution in [0.4, 0.5) is 4.39 Å². The van der Waals surface area contributed by atoms with E-state index < -0.39 is 5.69 Å². The van der Waals surface area contributed by atoms with Gasteiger partial charge in [0.2, 0.25) is 0 Å². The Morgan fingerprint density at radius 3 is 2.44 bits per heavy atom. The quantitative estimate of drug-likeness (QED) is 0.627. The molecule has 32 heavy (non-hydrogen) atoms. The van der Waals surface area contributed by atoms with Gasteiger partial charge in [0.1, 0.15) is 11.6 Å². The summed E-state index contributed by atoms with van der Waals surface area (Å²) in [4.78, 5) is 33.7. The van der Waals surface area contributed by atoms with Gasteiger partial charge >= 0.3 is 11.4 Å². The summed E-state index contributed by atoms with van der Waals surface area (Å²) in [5.41, 5.74) is 0.0368. The van der Waals surface area contributed by atoms with Crippen LogP contribution in [0.2, 0.25) is 0 Å². The van der Waals surface area contributed by atoms with Gasteiger partial charge in [0.15, 0.2) is 0 Å². The first-order valence-electron chi connectivity index (χ1n) is 11.8. The number of rotatable bonds is 8. The molecule has 2 unspecified atom stereocenters. The van der Waals surface area contributed by atoms with Crippen LogP contribution in [-0.2, 0) is 19.6 Å². The van der Waals surface area contributed by atoms with E-state index in [9.17, 15) is 14.0 Å². The lowest BCUT2D eigenvalue weighted by atomic mass is 9.95. The summed E-state index contributed by atoms with van der Waals surface area (Å²) in [5.74, 6) is 0.334. The summed E-state index contributed by atoms with van der Waals surface area (Å²) in [6.45, 7) is 6.00. The number of fused-ring (bicyclic) bond motifs is 2. The SMILES string of the molecule is CCn1c(C)nc(=O)n(CCCN2C3CCC2CC(N(C)Cc2ccccc2F)C3)c1=O. The Bertz CT molecular complexity index is 1050. The zero-order valence-corrected chi connectivity index (χ0v) is 19.3. The Morgan fingerprint density at radius 2 is 1.78 bits per heavy atom. The van der Waals surface area contributed by atoms with E-state index in [0.717, 1.165) is 31.4 Å². The average Bonchev–Trinajstić information content (AvgIpc) is 2.99. The van der Waals surface area contributed by atoms with Gasteiger partial charge in [-0.1, -0.05) is 18.2 Å². The van der Waals surface area contributed by atoms with Gasteiger partial charge in [-0.15, -0.1) is 0 Å². The standard InChI is InChI=1S/C24H34FN5O2/c1-4-28-17(2)26-23(31)30(24(28)32)13-7-12-29-19-10-11-20(29)15-21(14-19)27(3)16-18-8-5-6-9-22(18)25/h5-6,8-9,19-21H,4,7,10-16H2,1-3H3. The third-order valence-electron chi connectivity index (χ3n) is 7.32. The van der Waals surface area contributed by atoms with E-state index in [1.54, 1.807) is 17.6 Å². The highest BCUT2D eigenvalue weighted by Gasteiger charge is 2.41. The minimum atomic E-state index is -0.450. The summed E-state index contributed by atoms with van der Waals surface area (Å²) >= 11 is 0. The molecule has 2 aromatic rings. The molecule has 0 saturated carbocycles. The van der Waals surface area contributed by atoms with Crippen molar-refractivity contribution in [2.24, 2.45) is 0 Å². The van der Waals surface area contributed by atoms with Gasteiger partial charge in [0.25, 0.3) is 0 Å². The second kappa shape index (κ2) is 9.67. The van der Waals surface area contributed by atoms with Crippen molar-refractivity contribution in [3.05, 3.63) is 62.4 Å². The van der Waals surface area contributed by atoms with Gasteiger partial charge in [-0.05, 0) is 59.1 Å². The molecule has 3 heterocycles. The molecule has 174 valence electrons. The van der Waals surface area contributed by atoms with Crippen LogP contribution >= 0.6 is 0 Å². The third-order valence-corrected chi connectivity index (χ3v) is 7.32. The molecular weight excluding hydrogens is 409 g/mol. The number of hydrogen-bond donors (Lipinski definition) is 0. The largest absolute Gasteiger partial charge is 0.353 e. The zero-order valence-electron chi connectivity index (χ0n) is 19.3. The first kappa shape index (κ1) is 22.9. The molecule has 0 N–H and O–H groups in total. The summed E-state index contributed by atoms with van der Waals surface area (Å²) in [6, 6.07) is 8.50. The van der Waals surface area contributed by atoms with Crippen molar-refractivity contribution in [3.63, 3.8) is 0 Å². The van der Waals surface area contributed by atoms with E-state index >= 15 is 0 Å². The lowest BCUT2D eigenvalue weighted by Crippen LogP contribution is -2.50. The normalized spacial score (nSPS) is 23.2. The summed E-state index contributed by atoms with van der Waals surface area (Å²) in [6.07, 6.45) is 5.28. The maximum absolute atomic E-state index is 14.1. The van der Waals surface area contributed by atoms with E-state index in [-0.39, 0.29) is 11.5 Å². The number of benzene rings is 1. The summed E-state index contributed by atoms with van der Waals surface area (Å²) < 4.78 is 16.9. The molecule has 1 aromatic carbocycles. The van der Waals surface area contributed by atoms with Crippen molar-refractivity contribution in [3.8, 4) is 0 Å². The molecule has 2 bridgehead atoms. The maximum atomic E-state index is 14.1. The Labute approximate surface area is 188 Å². The predicted molar refractivity (Wildman–Crippen MR) is 122 cm³/mol. The van der Waals surface area contributed by atoms with Crippen LogP contribution < -0.4 is 11.4 Å². The van der Waals surface area contributed by atoms with Gasteiger partial charge in [0, 0.05) is 49.9 Å². The van der Waals surface area contributed by atoms with Crippen LogP contribution in [0.3, 0.4) is 0 Å². The van der Waals surface area contributed by atoms with Crippen LogP contribution in [0.25, 0.3) is 0 Å². The third kappa shape index (κ3) is 4.57. The monoisotopic (exact) mass is 443 g/mol. The maximum Gasteiger partial charge on any atom is 0.353 e.